The van der Waals surface area contributed by atoms with Crippen LogP contribution in [-0.2, 0) is 11.3 Å². The molecular formula is C19H33Cl2N5O. The average Bonchev–Trinajstić information content (AvgIpc) is 3.08. The van der Waals surface area contributed by atoms with Crippen molar-refractivity contribution in [1.82, 2.24) is 25.0 Å². The molecule has 154 valence electrons. The number of halogens is 2. The Bertz CT molecular complexity index is 626. The number of aromatic nitrogens is 3. The lowest BCUT2D eigenvalue weighted by Crippen LogP contribution is -2.44. The molecule has 1 aromatic rings. The number of carbonyl (C=O) groups is 1. The Hall–Kier alpha value is -0.850. The average molecular weight is 418 g/mol. The van der Waals surface area contributed by atoms with Gasteiger partial charge in [0.25, 0.3) is 0 Å². The number of fused-ring (bicyclic) bond motifs is 2. The lowest BCUT2D eigenvalue weighted by Gasteiger charge is -2.35. The number of likely N-dealkylation sites (tertiary alicyclic amines) is 1. The molecule has 27 heavy (non-hydrogen) atoms. The van der Waals surface area contributed by atoms with E-state index in [4.69, 9.17) is 0 Å². The molecule has 3 saturated heterocycles. The van der Waals surface area contributed by atoms with Crippen LogP contribution in [0.4, 0.5) is 0 Å². The summed E-state index contributed by atoms with van der Waals surface area (Å²) >= 11 is 0. The summed E-state index contributed by atoms with van der Waals surface area (Å²) < 4.78 is 2.01. The predicted octanol–water partition coefficient (Wildman–Crippen LogP) is 2.90. The van der Waals surface area contributed by atoms with Gasteiger partial charge >= 0.3 is 0 Å². The summed E-state index contributed by atoms with van der Waals surface area (Å²) in [6.45, 7) is 6.65. The fraction of sp³-hybridized carbons (Fsp3) is 0.842. The van der Waals surface area contributed by atoms with Gasteiger partial charge in [-0.15, -0.1) is 24.8 Å². The first-order valence-corrected chi connectivity index (χ1v) is 9.98. The number of hydrogen-bond acceptors (Lipinski definition) is 4. The van der Waals surface area contributed by atoms with Gasteiger partial charge in [-0.2, -0.15) is 5.10 Å². The Morgan fingerprint density at radius 3 is 2.44 bits per heavy atom. The maximum atomic E-state index is 12.8. The maximum absolute atomic E-state index is 12.8. The summed E-state index contributed by atoms with van der Waals surface area (Å²) in [5.74, 6) is 3.28. The predicted molar refractivity (Wildman–Crippen MR) is 111 cm³/mol. The normalized spacial score (nSPS) is 29.8. The van der Waals surface area contributed by atoms with Crippen LogP contribution in [0.1, 0.15) is 56.6 Å². The van der Waals surface area contributed by atoms with E-state index in [-0.39, 0.29) is 24.8 Å². The first kappa shape index (κ1) is 22.4. The molecule has 8 heteroatoms. The van der Waals surface area contributed by atoms with Crippen molar-refractivity contribution in [2.45, 2.75) is 77.4 Å². The number of aryl methyl sites for hydroxylation is 2. The van der Waals surface area contributed by atoms with Gasteiger partial charge in [0, 0.05) is 38.1 Å². The second-order valence-corrected chi connectivity index (χ2v) is 8.42. The lowest BCUT2D eigenvalue weighted by atomic mass is 9.88. The molecule has 0 saturated carbocycles. The molecule has 3 atom stereocenters. The van der Waals surface area contributed by atoms with Crippen molar-refractivity contribution in [2.24, 2.45) is 11.8 Å². The number of nitrogens with one attached hydrogen (secondary N) is 1. The van der Waals surface area contributed by atoms with Crippen LogP contribution in [0.3, 0.4) is 0 Å². The lowest BCUT2D eigenvalue weighted by molar-refractivity contribution is -0.134. The molecule has 3 fully saturated rings. The van der Waals surface area contributed by atoms with E-state index in [1.54, 1.807) is 0 Å². The monoisotopic (exact) mass is 417 g/mol. The molecule has 4 heterocycles. The first-order valence-electron chi connectivity index (χ1n) is 9.98. The minimum absolute atomic E-state index is 0. The van der Waals surface area contributed by atoms with E-state index in [0.717, 1.165) is 44.1 Å². The largest absolute Gasteiger partial charge is 0.342 e. The topological polar surface area (TPSA) is 63.1 Å². The van der Waals surface area contributed by atoms with E-state index < -0.39 is 0 Å². The highest BCUT2D eigenvalue weighted by Gasteiger charge is 2.35. The van der Waals surface area contributed by atoms with Crippen LogP contribution in [0, 0.1) is 25.7 Å². The van der Waals surface area contributed by atoms with Crippen molar-refractivity contribution in [3.05, 3.63) is 11.6 Å². The quantitative estimate of drug-likeness (QED) is 0.817. The van der Waals surface area contributed by atoms with Crippen LogP contribution in [0.15, 0.2) is 0 Å². The summed E-state index contributed by atoms with van der Waals surface area (Å²) in [6, 6.07) is 1.34. The maximum Gasteiger partial charge on any atom is 0.222 e. The van der Waals surface area contributed by atoms with Gasteiger partial charge < -0.3 is 10.2 Å². The van der Waals surface area contributed by atoms with Crippen molar-refractivity contribution < 1.29 is 4.79 Å². The summed E-state index contributed by atoms with van der Waals surface area (Å²) in [5.41, 5.74) is 0. The van der Waals surface area contributed by atoms with Gasteiger partial charge in [-0.1, -0.05) is 0 Å². The van der Waals surface area contributed by atoms with Crippen molar-refractivity contribution in [3.8, 4) is 0 Å². The van der Waals surface area contributed by atoms with Gasteiger partial charge in [0.1, 0.15) is 11.6 Å². The van der Waals surface area contributed by atoms with Crippen LogP contribution < -0.4 is 5.32 Å². The third-order valence-corrected chi connectivity index (χ3v) is 6.30. The Morgan fingerprint density at radius 2 is 1.81 bits per heavy atom. The van der Waals surface area contributed by atoms with Crippen molar-refractivity contribution in [1.29, 1.82) is 0 Å². The van der Waals surface area contributed by atoms with E-state index in [1.165, 1.54) is 32.1 Å². The highest BCUT2D eigenvalue weighted by atomic mass is 35.5. The van der Waals surface area contributed by atoms with Crippen LogP contribution in [0.25, 0.3) is 0 Å². The third-order valence-electron chi connectivity index (χ3n) is 6.30. The van der Waals surface area contributed by atoms with E-state index in [2.05, 4.69) is 20.3 Å². The molecule has 1 N–H and O–H groups in total. The van der Waals surface area contributed by atoms with E-state index >= 15 is 0 Å². The zero-order valence-electron chi connectivity index (χ0n) is 16.4. The molecule has 2 bridgehead atoms. The molecule has 0 radical (unpaired) electrons. The third kappa shape index (κ3) is 5.36. The standard InChI is InChI=1S/C19H31N5O.2ClH/c1-13-20-14(2)24(22-13)12-15-4-3-7-23(11-15)19(25)10-16-8-17-5-6-18(9-16)21-17;;/h15-18,21H,3-12H2,1-2H3;2*1H. The SMILES string of the molecule is Cc1nc(C)n(CC2CCCN(C(=O)CC3CC4CCC(C3)N4)C2)n1.Cl.Cl. The second kappa shape index (κ2) is 9.57. The van der Waals surface area contributed by atoms with Crippen LogP contribution in [0.5, 0.6) is 0 Å². The summed E-state index contributed by atoms with van der Waals surface area (Å²) in [6.07, 6.45) is 8.03. The Kier molecular flexibility index (Phi) is 7.95. The van der Waals surface area contributed by atoms with Crippen LogP contribution in [-0.4, -0.2) is 50.7 Å². The molecule has 0 spiro atoms. The second-order valence-electron chi connectivity index (χ2n) is 8.42. The molecule has 3 aliphatic heterocycles. The van der Waals surface area contributed by atoms with Crippen molar-refractivity contribution in [2.75, 3.05) is 13.1 Å². The minimum atomic E-state index is 0. The van der Waals surface area contributed by atoms with Crippen molar-refractivity contribution in [3.63, 3.8) is 0 Å². The first-order chi connectivity index (χ1) is 12.1. The Morgan fingerprint density at radius 1 is 1.11 bits per heavy atom. The van der Waals surface area contributed by atoms with Gasteiger partial charge in [-0.3, -0.25) is 4.79 Å². The highest BCUT2D eigenvalue weighted by Crippen LogP contribution is 2.33. The number of piperidine rings is 2. The number of amides is 1. The molecule has 3 aliphatic rings. The zero-order chi connectivity index (χ0) is 17.4. The highest BCUT2D eigenvalue weighted by molar-refractivity contribution is 5.85. The number of hydrogen-bond donors (Lipinski definition) is 1. The fourth-order valence-corrected chi connectivity index (χ4v) is 5.14. The van der Waals surface area contributed by atoms with E-state index in [9.17, 15) is 4.79 Å². The van der Waals surface area contributed by atoms with E-state index in [1.807, 2.05) is 18.5 Å². The number of nitrogens with zero attached hydrogens (tertiary/aromatic N) is 4. The molecule has 1 aromatic heterocycles. The summed E-state index contributed by atoms with van der Waals surface area (Å²) in [4.78, 5) is 19.4. The van der Waals surface area contributed by atoms with Gasteiger partial charge in [-0.05, 0) is 64.2 Å². The van der Waals surface area contributed by atoms with Crippen LogP contribution in [0.2, 0.25) is 0 Å². The van der Waals surface area contributed by atoms with Gasteiger partial charge in [0.05, 0.1) is 0 Å². The fourth-order valence-electron chi connectivity index (χ4n) is 5.14. The number of rotatable bonds is 4. The summed E-state index contributed by atoms with van der Waals surface area (Å²) in [7, 11) is 0. The van der Waals surface area contributed by atoms with E-state index in [0.29, 0.717) is 29.8 Å². The molecule has 3 unspecified atom stereocenters. The van der Waals surface area contributed by atoms with Gasteiger partial charge in [0.15, 0.2) is 0 Å². The molecule has 0 aliphatic carbocycles. The molecule has 0 aromatic carbocycles. The van der Waals surface area contributed by atoms with Crippen molar-refractivity contribution >= 4 is 30.7 Å². The molecule has 1 amide bonds. The van der Waals surface area contributed by atoms with Gasteiger partial charge in [-0.25, -0.2) is 9.67 Å². The molecular weight excluding hydrogens is 385 g/mol. The van der Waals surface area contributed by atoms with Crippen LogP contribution >= 0.6 is 24.8 Å². The Labute approximate surface area is 174 Å². The number of carbonyl (C=O) groups excluding carboxylic acids is 1. The van der Waals surface area contributed by atoms with Gasteiger partial charge in [0.2, 0.25) is 5.91 Å². The summed E-state index contributed by atoms with van der Waals surface area (Å²) in [5, 5.41) is 8.16. The minimum Gasteiger partial charge on any atom is -0.342 e. The zero-order valence-corrected chi connectivity index (χ0v) is 18.0. The molecule has 6 nitrogen and oxygen atoms in total. The molecule has 4 rings (SSSR count). The smallest absolute Gasteiger partial charge is 0.222 e. The Balaban J connectivity index is 0.00000131.